The minimum absolute atomic E-state index is 1.29. The highest BCUT2D eigenvalue weighted by atomic mass is 14.1. The Morgan fingerprint density at radius 1 is 0.233 bits per heavy atom. The van der Waals surface area contributed by atoms with Crippen molar-refractivity contribution in [2.75, 3.05) is 0 Å². The van der Waals surface area contributed by atoms with Gasteiger partial charge in [-0.05, 0) is 76.8 Å². The molecular weight excluding hydrogens is 360 g/mol. The van der Waals surface area contributed by atoms with Crippen LogP contribution in [0.3, 0.4) is 0 Å². The number of fused-ring (bicyclic) bond motifs is 10. The molecule has 0 bridgehead atoms. The van der Waals surface area contributed by atoms with E-state index < -0.39 is 0 Å². The molecule has 0 saturated heterocycles. The highest BCUT2D eigenvalue weighted by Crippen LogP contribution is 2.37. The van der Waals surface area contributed by atoms with Gasteiger partial charge in [0.25, 0.3) is 0 Å². The molecule has 30 heavy (non-hydrogen) atoms. The van der Waals surface area contributed by atoms with Gasteiger partial charge in [-0.2, -0.15) is 0 Å². The van der Waals surface area contributed by atoms with Crippen molar-refractivity contribution >= 4 is 64.6 Å². The zero-order valence-corrected chi connectivity index (χ0v) is 16.4. The molecule has 0 unspecified atom stereocenters. The third kappa shape index (κ3) is 2.11. The van der Waals surface area contributed by atoms with Crippen molar-refractivity contribution in [2.45, 2.75) is 0 Å². The van der Waals surface area contributed by atoms with Gasteiger partial charge < -0.3 is 0 Å². The average Bonchev–Trinajstić information content (AvgIpc) is 2.81. The summed E-state index contributed by atoms with van der Waals surface area (Å²) in [6.45, 7) is 0. The van der Waals surface area contributed by atoms with Gasteiger partial charge in [0.05, 0.1) is 0 Å². The smallest absolute Gasteiger partial charge is 0.00987 e. The van der Waals surface area contributed by atoms with Crippen molar-refractivity contribution < 1.29 is 0 Å². The first-order chi connectivity index (χ1) is 14.9. The molecule has 0 spiro atoms. The first kappa shape index (κ1) is 16.0. The molecule has 0 heterocycles. The first-order valence-electron chi connectivity index (χ1n) is 10.5. The number of rotatable bonds is 0. The molecule has 0 fully saturated rings. The van der Waals surface area contributed by atoms with Gasteiger partial charge in [0.2, 0.25) is 0 Å². The molecule has 0 amide bonds. The Morgan fingerprint density at radius 3 is 1.33 bits per heavy atom. The van der Waals surface area contributed by atoms with Crippen LogP contribution in [0.5, 0.6) is 0 Å². The van der Waals surface area contributed by atoms with E-state index in [4.69, 9.17) is 0 Å². The van der Waals surface area contributed by atoms with Gasteiger partial charge in [0.1, 0.15) is 0 Å². The molecule has 0 radical (unpaired) electrons. The fourth-order valence-electron chi connectivity index (χ4n) is 5.14. The maximum atomic E-state index is 2.34. The second-order valence-corrected chi connectivity index (χ2v) is 8.19. The molecular formula is C30H18. The van der Waals surface area contributed by atoms with Crippen LogP contribution in [-0.2, 0) is 0 Å². The average molecular weight is 378 g/mol. The van der Waals surface area contributed by atoms with E-state index in [0.29, 0.717) is 0 Å². The van der Waals surface area contributed by atoms with Gasteiger partial charge in [-0.25, -0.2) is 0 Å². The molecule has 7 aromatic carbocycles. The lowest BCUT2D eigenvalue weighted by Gasteiger charge is -2.12. The third-order valence-corrected chi connectivity index (χ3v) is 6.60. The fourth-order valence-corrected chi connectivity index (χ4v) is 5.14. The van der Waals surface area contributed by atoms with Gasteiger partial charge in [-0.1, -0.05) is 97.1 Å². The van der Waals surface area contributed by atoms with E-state index in [2.05, 4.69) is 109 Å². The van der Waals surface area contributed by atoms with Crippen LogP contribution in [0.4, 0.5) is 0 Å². The zero-order chi connectivity index (χ0) is 19.7. The summed E-state index contributed by atoms with van der Waals surface area (Å²) in [5, 5.41) is 15.8. The normalized spacial score (nSPS) is 12.0. The van der Waals surface area contributed by atoms with Crippen molar-refractivity contribution in [3.05, 3.63) is 109 Å². The molecule has 7 aromatic rings. The molecule has 0 atom stereocenters. The molecule has 0 aromatic heterocycles. The summed E-state index contributed by atoms with van der Waals surface area (Å²) >= 11 is 0. The molecule has 0 N–H and O–H groups in total. The summed E-state index contributed by atoms with van der Waals surface area (Å²) in [7, 11) is 0. The molecule has 7 rings (SSSR count). The van der Waals surface area contributed by atoms with Crippen molar-refractivity contribution in [3.63, 3.8) is 0 Å². The molecule has 0 heteroatoms. The van der Waals surface area contributed by atoms with E-state index in [1.165, 1.54) is 64.6 Å². The van der Waals surface area contributed by atoms with Gasteiger partial charge in [0, 0.05) is 0 Å². The summed E-state index contributed by atoms with van der Waals surface area (Å²) in [4.78, 5) is 0. The lowest BCUT2D eigenvalue weighted by molar-refractivity contribution is 1.78. The standard InChI is InChI=1S/C30H18/c1-2-7-21-18-30-22(17-20(21)6-1)10-12-26-28-14-13-24-23-8-4-3-5-19(23)9-11-25(24)27(28)15-16-29(26)30/h1-18H. The van der Waals surface area contributed by atoms with E-state index in [-0.39, 0.29) is 0 Å². The number of benzene rings is 7. The van der Waals surface area contributed by atoms with Gasteiger partial charge >= 0.3 is 0 Å². The van der Waals surface area contributed by atoms with Gasteiger partial charge in [0.15, 0.2) is 0 Å². The summed E-state index contributed by atoms with van der Waals surface area (Å²) < 4.78 is 0. The minimum atomic E-state index is 1.29. The minimum Gasteiger partial charge on any atom is -0.0616 e. The van der Waals surface area contributed by atoms with E-state index in [0.717, 1.165) is 0 Å². The lowest BCUT2D eigenvalue weighted by atomic mass is 9.92. The topological polar surface area (TPSA) is 0 Å². The quantitative estimate of drug-likeness (QED) is 0.183. The van der Waals surface area contributed by atoms with Crippen molar-refractivity contribution in [1.82, 2.24) is 0 Å². The van der Waals surface area contributed by atoms with Crippen LogP contribution < -0.4 is 0 Å². The highest BCUT2D eigenvalue weighted by molar-refractivity contribution is 6.25. The maximum Gasteiger partial charge on any atom is -0.00987 e. The van der Waals surface area contributed by atoms with E-state index in [1.807, 2.05) is 0 Å². The Hall–Kier alpha value is -3.90. The number of hydrogen-bond acceptors (Lipinski definition) is 0. The highest BCUT2D eigenvalue weighted by Gasteiger charge is 2.09. The summed E-state index contributed by atoms with van der Waals surface area (Å²) in [5.74, 6) is 0. The van der Waals surface area contributed by atoms with Crippen LogP contribution in [0.1, 0.15) is 0 Å². The Kier molecular flexibility index (Phi) is 3.09. The van der Waals surface area contributed by atoms with Crippen molar-refractivity contribution in [2.24, 2.45) is 0 Å². The zero-order valence-electron chi connectivity index (χ0n) is 16.4. The van der Waals surface area contributed by atoms with Crippen LogP contribution in [0.15, 0.2) is 109 Å². The summed E-state index contributed by atoms with van der Waals surface area (Å²) in [5.41, 5.74) is 0. The monoisotopic (exact) mass is 378 g/mol. The second-order valence-electron chi connectivity index (χ2n) is 8.19. The third-order valence-electron chi connectivity index (χ3n) is 6.60. The molecule has 0 aliphatic rings. The number of hydrogen-bond donors (Lipinski definition) is 0. The summed E-state index contributed by atoms with van der Waals surface area (Å²) in [6.07, 6.45) is 0. The Labute approximate surface area is 174 Å². The Balaban J connectivity index is 1.63. The van der Waals surface area contributed by atoms with Gasteiger partial charge in [-0.3, -0.25) is 0 Å². The van der Waals surface area contributed by atoms with Crippen molar-refractivity contribution in [3.8, 4) is 0 Å². The van der Waals surface area contributed by atoms with Crippen LogP contribution >= 0.6 is 0 Å². The van der Waals surface area contributed by atoms with E-state index in [1.54, 1.807) is 0 Å². The molecule has 0 aliphatic carbocycles. The van der Waals surface area contributed by atoms with Crippen molar-refractivity contribution in [1.29, 1.82) is 0 Å². The Bertz CT molecular complexity index is 1760. The van der Waals surface area contributed by atoms with Crippen LogP contribution in [0.25, 0.3) is 64.6 Å². The lowest BCUT2D eigenvalue weighted by Crippen LogP contribution is -1.84. The predicted octanol–water partition coefficient (Wildman–Crippen LogP) is 8.61. The first-order valence-corrected chi connectivity index (χ1v) is 10.5. The van der Waals surface area contributed by atoms with E-state index >= 15 is 0 Å². The fraction of sp³-hybridized carbons (Fsp3) is 0. The second kappa shape index (κ2) is 5.81. The molecule has 138 valence electrons. The largest absolute Gasteiger partial charge is 0.0616 e. The van der Waals surface area contributed by atoms with Crippen LogP contribution in [-0.4, -0.2) is 0 Å². The van der Waals surface area contributed by atoms with Crippen LogP contribution in [0.2, 0.25) is 0 Å². The predicted molar refractivity (Wildman–Crippen MR) is 131 cm³/mol. The maximum absolute atomic E-state index is 2.34. The summed E-state index contributed by atoms with van der Waals surface area (Å²) in [6, 6.07) is 40.2. The van der Waals surface area contributed by atoms with E-state index in [9.17, 15) is 0 Å². The SMILES string of the molecule is c1ccc2cc3c(ccc4c3ccc3c5ccc6ccccc6c5ccc43)cc2c1. The Morgan fingerprint density at radius 2 is 0.667 bits per heavy atom. The molecule has 0 nitrogen and oxygen atoms in total. The van der Waals surface area contributed by atoms with Crippen LogP contribution in [0, 0.1) is 0 Å². The molecule has 0 aliphatic heterocycles. The molecule has 0 saturated carbocycles. The van der Waals surface area contributed by atoms with Gasteiger partial charge in [-0.15, -0.1) is 0 Å².